The van der Waals surface area contributed by atoms with Gasteiger partial charge in [0.1, 0.15) is 0 Å². The van der Waals surface area contributed by atoms with E-state index >= 15 is 0 Å². The topological polar surface area (TPSA) is 128 Å². The number of carbonyl (C=O) groups excluding carboxylic acids is 3. The van der Waals surface area contributed by atoms with Crippen molar-refractivity contribution >= 4 is 40.8 Å². The summed E-state index contributed by atoms with van der Waals surface area (Å²) in [5.74, 6) is -1.87. The lowest BCUT2D eigenvalue weighted by Crippen LogP contribution is -2.50. The number of urea groups is 1. The molecule has 4 rings (SSSR count). The molecule has 1 aliphatic rings. The molecule has 0 bridgehead atoms. The van der Waals surface area contributed by atoms with Crippen molar-refractivity contribution in [1.29, 1.82) is 0 Å². The maximum Gasteiger partial charge on any atom is 0.335 e. The minimum Gasteiger partial charge on any atom is -0.478 e. The van der Waals surface area contributed by atoms with E-state index in [4.69, 9.17) is 0 Å². The summed E-state index contributed by atoms with van der Waals surface area (Å²) in [5, 5.41) is 14.4. The molecular weight excluding hydrogens is 484 g/mol. The van der Waals surface area contributed by atoms with Crippen LogP contribution in [0.4, 0.5) is 16.2 Å². The Morgan fingerprint density at radius 3 is 2.32 bits per heavy atom. The third-order valence-corrected chi connectivity index (χ3v) is 6.03. The number of carbonyl (C=O) groups is 4. The van der Waals surface area contributed by atoms with Crippen molar-refractivity contribution < 1.29 is 24.3 Å². The molecule has 3 aromatic rings. The summed E-state index contributed by atoms with van der Waals surface area (Å²) in [6, 6.07) is 21.4. The van der Waals surface area contributed by atoms with Gasteiger partial charge in [-0.25, -0.2) is 14.6 Å². The van der Waals surface area contributed by atoms with Crippen LogP contribution in [0, 0.1) is 5.41 Å². The monoisotopic (exact) mass is 512 g/mol. The summed E-state index contributed by atoms with van der Waals surface area (Å²) in [6.45, 7) is 5.15. The number of carboxylic acids is 1. The van der Waals surface area contributed by atoms with Crippen LogP contribution >= 0.6 is 0 Å². The largest absolute Gasteiger partial charge is 0.478 e. The fourth-order valence-corrected chi connectivity index (χ4v) is 3.91. The highest BCUT2D eigenvalue weighted by Gasteiger charge is 2.36. The number of benzodiazepines with no additional fused rings is 1. The van der Waals surface area contributed by atoms with Gasteiger partial charge >= 0.3 is 12.0 Å². The number of carboxylic acid groups (broad SMARTS) is 1. The van der Waals surface area contributed by atoms with Gasteiger partial charge in [0.25, 0.3) is 5.91 Å². The normalized spacial score (nSPS) is 15.1. The molecule has 1 heterocycles. The first-order chi connectivity index (χ1) is 18.0. The van der Waals surface area contributed by atoms with E-state index in [9.17, 15) is 24.3 Å². The summed E-state index contributed by atoms with van der Waals surface area (Å²) in [7, 11) is 0. The molecule has 0 aliphatic carbocycles. The fraction of sp³-hybridized carbons (Fsp3) is 0.207. The average Bonchev–Trinajstić information content (AvgIpc) is 2.99. The number of benzene rings is 3. The Hall–Kier alpha value is -4.79. The molecule has 0 radical (unpaired) electrons. The molecule has 9 heteroatoms. The molecule has 9 nitrogen and oxygen atoms in total. The van der Waals surface area contributed by atoms with E-state index < -0.39 is 29.5 Å². The lowest BCUT2D eigenvalue weighted by molar-refractivity contribution is -0.127. The first-order valence-electron chi connectivity index (χ1n) is 12.0. The van der Waals surface area contributed by atoms with Crippen LogP contribution in [0.15, 0.2) is 83.9 Å². The van der Waals surface area contributed by atoms with Gasteiger partial charge < -0.3 is 20.6 Å². The number of aliphatic imine (C=N–C) groups is 1. The van der Waals surface area contributed by atoms with Crippen molar-refractivity contribution in [3.05, 3.63) is 95.6 Å². The quantitative estimate of drug-likeness (QED) is 0.453. The van der Waals surface area contributed by atoms with Crippen LogP contribution in [0.2, 0.25) is 0 Å². The second-order valence-electron chi connectivity index (χ2n) is 9.85. The molecule has 3 amide bonds. The average molecular weight is 513 g/mol. The maximum absolute atomic E-state index is 13.8. The Bertz CT molecular complexity index is 1430. The van der Waals surface area contributed by atoms with Gasteiger partial charge in [0.05, 0.1) is 23.5 Å². The molecule has 0 saturated heterocycles. The predicted octanol–water partition coefficient (Wildman–Crippen LogP) is 4.33. The number of nitrogens with zero attached hydrogens (tertiary/aromatic N) is 2. The van der Waals surface area contributed by atoms with E-state index in [1.54, 1.807) is 32.9 Å². The highest BCUT2D eigenvalue weighted by molar-refractivity contribution is 6.21. The lowest BCUT2D eigenvalue weighted by atomic mass is 9.90. The molecule has 0 fully saturated rings. The Morgan fingerprint density at radius 2 is 1.63 bits per heavy atom. The molecule has 0 spiro atoms. The molecule has 0 aromatic heterocycles. The summed E-state index contributed by atoms with van der Waals surface area (Å²) >= 11 is 0. The van der Waals surface area contributed by atoms with Gasteiger partial charge in [-0.3, -0.25) is 9.59 Å². The van der Waals surface area contributed by atoms with Crippen molar-refractivity contribution in [3.63, 3.8) is 0 Å². The van der Waals surface area contributed by atoms with Gasteiger partial charge in [-0.1, -0.05) is 75.4 Å². The molecule has 38 heavy (non-hydrogen) atoms. The van der Waals surface area contributed by atoms with E-state index in [2.05, 4.69) is 15.6 Å². The van der Waals surface area contributed by atoms with Crippen LogP contribution in [-0.2, 0) is 9.59 Å². The summed E-state index contributed by atoms with van der Waals surface area (Å²) in [5.41, 5.74) is 1.92. The molecule has 0 unspecified atom stereocenters. The molecule has 194 valence electrons. The molecular formula is C29H28N4O5. The number of rotatable bonds is 6. The first-order valence-corrected chi connectivity index (χ1v) is 12.0. The maximum atomic E-state index is 13.8. The van der Waals surface area contributed by atoms with Crippen LogP contribution in [0.3, 0.4) is 0 Å². The molecule has 0 saturated carbocycles. The van der Waals surface area contributed by atoms with Gasteiger partial charge in [0.15, 0.2) is 5.78 Å². The fourth-order valence-electron chi connectivity index (χ4n) is 3.91. The van der Waals surface area contributed by atoms with Gasteiger partial charge in [-0.15, -0.1) is 0 Å². The summed E-state index contributed by atoms with van der Waals surface area (Å²) < 4.78 is 0. The lowest BCUT2D eigenvalue weighted by Gasteiger charge is -2.28. The zero-order valence-corrected chi connectivity index (χ0v) is 21.3. The minimum absolute atomic E-state index is 0.0000415. The number of fused-ring (bicyclic) bond motifs is 1. The van der Waals surface area contributed by atoms with Gasteiger partial charge in [0, 0.05) is 22.2 Å². The third kappa shape index (κ3) is 5.78. The van der Waals surface area contributed by atoms with E-state index in [0.717, 1.165) is 5.56 Å². The Kier molecular flexibility index (Phi) is 7.38. The van der Waals surface area contributed by atoms with Gasteiger partial charge in [-0.2, -0.15) is 0 Å². The molecule has 3 aromatic carbocycles. The number of anilines is 2. The van der Waals surface area contributed by atoms with Crippen LogP contribution in [-0.4, -0.2) is 47.2 Å². The predicted molar refractivity (Wildman–Crippen MR) is 145 cm³/mol. The number of Topliss-reactive ketones (excluding diaryl/α,β-unsaturated/α-hetero) is 1. The van der Waals surface area contributed by atoms with Crippen LogP contribution in [0.5, 0.6) is 0 Å². The molecule has 1 atom stereocenters. The number of hydrogen-bond acceptors (Lipinski definition) is 5. The Morgan fingerprint density at radius 1 is 0.947 bits per heavy atom. The van der Waals surface area contributed by atoms with E-state index in [-0.39, 0.29) is 23.6 Å². The van der Waals surface area contributed by atoms with E-state index in [1.165, 1.54) is 29.2 Å². The summed E-state index contributed by atoms with van der Waals surface area (Å²) in [4.78, 5) is 57.1. The van der Waals surface area contributed by atoms with E-state index in [0.29, 0.717) is 17.0 Å². The van der Waals surface area contributed by atoms with Crippen LogP contribution in [0.25, 0.3) is 0 Å². The Labute approximate surface area is 220 Å². The minimum atomic E-state index is -1.35. The number of aromatic carboxylic acids is 1. The third-order valence-electron chi connectivity index (χ3n) is 6.03. The Balaban J connectivity index is 1.74. The van der Waals surface area contributed by atoms with Crippen molar-refractivity contribution in [2.75, 3.05) is 16.8 Å². The number of para-hydroxylation sites is 1. The second kappa shape index (κ2) is 10.7. The smallest absolute Gasteiger partial charge is 0.335 e. The zero-order valence-electron chi connectivity index (χ0n) is 21.3. The zero-order chi connectivity index (χ0) is 27.4. The van der Waals surface area contributed by atoms with E-state index in [1.807, 2.05) is 42.5 Å². The van der Waals surface area contributed by atoms with Crippen LogP contribution < -0.4 is 15.5 Å². The summed E-state index contributed by atoms with van der Waals surface area (Å²) in [6.07, 6.45) is -1.35. The van der Waals surface area contributed by atoms with Crippen molar-refractivity contribution in [2.45, 2.75) is 26.9 Å². The second-order valence-corrected chi connectivity index (χ2v) is 9.85. The van der Waals surface area contributed by atoms with Crippen molar-refractivity contribution in [3.8, 4) is 0 Å². The van der Waals surface area contributed by atoms with Crippen molar-refractivity contribution in [1.82, 2.24) is 5.32 Å². The van der Waals surface area contributed by atoms with Crippen LogP contribution in [0.1, 0.15) is 42.3 Å². The van der Waals surface area contributed by atoms with Gasteiger partial charge in [0.2, 0.25) is 6.17 Å². The standard InChI is InChI=1S/C29H28N4O5/c1-29(2,3)23(34)17-33-22-15-8-7-14-21(22)24(18-10-5-4-6-11-18)31-25(26(33)35)32-28(38)30-20-13-9-12-19(16-20)27(36)37/h4-16,25H,17H2,1-3H3,(H,36,37)(H2,30,32,38)/t25-/m0/s1. The highest BCUT2D eigenvalue weighted by Crippen LogP contribution is 2.29. The number of ketones is 1. The number of hydrogen-bond donors (Lipinski definition) is 3. The SMILES string of the molecule is CC(C)(C)C(=O)CN1C(=O)[C@H](NC(=O)Nc2cccc(C(=O)O)c2)N=C(c2ccccc2)c2ccccc21. The van der Waals surface area contributed by atoms with Crippen molar-refractivity contribution in [2.24, 2.45) is 10.4 Å². The molecule has 1 aliphatic heterocycles. The molecule has 3 N–H and O–H groups in total. The van der Waals surface area contributed by atoms with Gasteiger partial charge in [-0.05, 0) is 24.3 Å². The first kappa shape index (κ1) is 26.3. The highest BCUT2D eigenvalue weighted by atomic mass is 16.4. The number of amides is 3. The number of nitrogens with one attached hydrogen (secondary N) is 2.